The van der Waals surface area contributed by atoms with E-state index in [-0.39, 0.29) is 29.4 Å². The fourth-order valence-electron chi connectivity index (χ4n) is 1.92. The van der Waals surface area contributed by atoms with Gasteiger partial charge in [0.2, 0.25) is 0 Å². The number of carboxylic acids is 1. The number of carbonyl (C=O) groups is 2. The molecule has 122 valence electrons. The van der Waals surface area contributed by atoms with E-state index >= 15 is 0 Å². The van der Waals surface area contributed by atoms with E-state index in [1.807, 2.05) is 0 Å². The molecule has 4 nitrogen and oxygen atoms in total. The number of rotatable bonds is 8. The van der Waals surface area contributed by atoms with Gasteiger partial charge in [0.15, 0.2) is 0 Å². The van der Waals surface area contributed by atoms with E-state index in [0.717, 1.165) is 0 Å². The molecule has 0 aliphatic rings. The second-order valence-electron chi connectivity index (χ2n) is 5.25. The molecule has 0 bridgehead atoms. The van der Waals surface area contributed by atoms with Crippen molar-refractivity contribution in [2.45, 2.75) is 39.7 Å². The fraction of sp³-hybridized carbons (Fsp3) is 0.467. The summed E-state index contributed by atoms with van der Waals surface area (Å²) in [5.41, 5.74) is -0.597. The zero-order valence-electron chi connectivity index (χ0n) is 12.2. The van der Waals surface area contributed by atoms with Crippen LogP contribution in [0.1, 0.15) is 32.3 Å². The number of aliphatic carboxylic acids is 1. The summed E-state index contributed by atoms with van der Waals surface area (Å²) in [5.74, 6) is -1.45. The van der Waals surface area contributed by atoms with Crippen LogP contribution in [0.3, 0.4) is 0 Å². The molecular weight excluding hydrogens is 318 g/mol. The second kappa shape index (κ2) is 7.54. The summed E-state index contributed by atoms with van der Waals surface area (Å²) in [4.78, 5) is 23.2. The topological polar surface area (TPSA) is 63.6 Å². The molecule has 0 heterocycles. The van der Waals surface area contributed by atoms with Gasteiger partial charge in [-0.2, -0.15) is 8.78 Å². The number of ketones is 1. The SMILES string of the molecule is CC[C@@](C)(CC(=O)Cc1ccc(OC(F)F)c(Cl)c1)C(=O)O. The van der Waals surface area contributed by atoms with Crippen molar-refractivity contribution in [3.63, 3.8) is 0 Å². The van der Waals surface area contributed by atoms with Crippen molar-refractivity contribution in [1.82, 2.24) is 0 Å². The maximum absolute atomic E-state index is 12.1. The van der Waals surface area contributed by atoms with Crippen LogP contribution in [0.25, 0.3) is 0 Å². The first kappa shape index (κ1) is 18.4. The van der Waals surface area contributed by atoms with Crippen LogP contribution in [0.4, 0.5) is 8.78 Å². The Morgan fingerprint density at radius 1 is 1.41 bits per heavy atom. The van der Waals surface area contributed by atoms with E-state index in [2.05, 4.69) is 4.74 Å². The smallest absolute Gasteiger partial charge is 0.387 e. The number of benzene rings is 1. The normalized spacial score (nSPS) is 13.7. The maximum Gasteiger partial charge on any atom is 0.387 e. The van der Waals surface area contributed by atoms with Gasteiger partial charge >= 0.3 is 12.6 Å². The minimum Gasteiger partial charge on any atom is -0.481 e. The third-order valence-electron chi connectivity index (χ3n) is 3.50. The minimum absolute atomic E-state index is 0.0163. The Morgan fingerprint density at radius 2 is 2.05 bits per heavy atom. The summed E-state index contributed by atoms with van der Waals surface area (Å²) >= 11 is 5.80. The van der Waals surface area contributed by atoms with Crippen molar-refractivity contribution >= 4 is 23.4 Å². The van der Waals surface area contributed by atoms with Gasteiger partial charge in [0.25, 0.3) is 0 Å². The molecule has 1 aromatic rings. The van der Waals surface area contributed by atoms with Crippen LogP contribution in [0.2, 0.25) is 5.02 Å². The summed E-state index contributed by atoms with van der Waals surface area (Å²) in [6.07, 6.45) is 0.208. The van der Waals surface area contributed by atoms with Crippen molar-refractivity contribution < 1.29 is 28.2 Å². The highest BCUT2D eigenvalue weighted by molar-refractivity contribution is 6.32. The summed E-state index contributed by atoms with van der Waals surface area (Å²) in [6.45, 7) is 0.236. The van der Waals surface area contributed by atoms with Crippen molar-refractivity contribution in [3.8, 4) is 5.75 Å². The highest BCUT2D eigenvalue weighted by atomic mass is 35.5. The predicted octanol–water partition coefficient (Wildman–Crippen LogP) is 3.94. The average Bonchev–Trinajstić information content (AvgIpc) is 2.41. The largest absolute Gasteiger partial charge is 0.481 e. The number of halogens is 3. The molecule has 7 heteroatoms. The second-order valence-corrected chi connectivity index (χ2v) is 5.66. The third-order valence-corrected chi connectivity index (χ3v) is 3.79. The third kappa shape index (κ3) is 4.94. The molecular formula is C15H17ClF2O4. The van der Waals surface area contributed by atoms with E-state index in [9.17, 15) is 18.4 Å². The Morgan fingerprint density at radius 3 is 2.50 bits per heavy atom. The lowest BCUT2D eigenvalue weighted by Gasteiger charge is -2.21. The Labute approximate surface area is 132 Å². The zero-order chi connectivity index (χ0) is 16.9. The van der Waals surface area contributed by atoms with Crippen molar-refractivity contribution in [1.29, 1.82) is 0 Å². The van der Waals surface area contributed by atoms with Crippen LogP contribution in [-0.2, 0) is 16.0 Å². The molecule has 0 aliphatic heterocycles. The van der Waals surface area contributed by atoms with Crippen LogP contribution in [0.15, 0.2) is 18.2 Å². The van der Waals surface area contributed by atoms with Crippen molar-refractivity contribution in [3.05, 3.63) is 28.8 Å². The van der Waals surface area contributed by atoms with Gasteiger partial charge in [0.1, 0.15) is 11.5 Å². The standard InChI is InChI=1S/C15H17ClF2O4/c1-3-15(2,13(20)21)8-10(19)6-9-4-5-12(11(16)7-9)22-14(17)18/h4-5,7,14H,3,6,8H2,1-2H3,(H,20,21)/t15-/m0/s1. The van der Waals surface area contributed by atoms with Gasteiger partial charge in [0, 0.05) is 12.8 Å². The number of carboxylic acid groups (broad SMARTS) is 1. The highest BCUT2D eigenvalue weighted by Crippen LogP contribution is 2.29. The molecule has 1 rings (SSSR count). The molecule has 0 fully saturated rings. The predicted molar refractivity (Wildman–Crippen MR) is 77.4 cm³/mol. The van der Waals surface area contributed by atoms with Crippen LogP contribution in [0, 0.1) is 5.41 Å². The molecule has 0 saturated carbocycles. The van der Waals surface area contributed by atoms with Crippen LogP contribution >= 0.6 is 11.6 Å². The summed E-state index contributed by atoms with van der Waals surface area (Å²) in [5, 5.41) is 9.13. The molecule has 0 unspecified atom stereocenters. The fourth-order valence-corrected chi connectivity index (χ4v) is 2.17. The first-order chi connectivity index (χ1) is 10.2. The van der Waals surface area contributed by atoms with E-state index < -0.39 is 18.0 Å². The van der Waals surface area contributed by atoms with Gasteiger partial charge in [-0.25, -0.2) is 0 Å². The molecule has 0 spiro atoms. The molecule has 0 aliphatic carbocycles. The number of carbonyl (C=O) groups excluding carboxylic acids is 1. The van der Waals surface area contributed by atoms with Gasteiger partial charge in [-0.15, -0.1) is 0 Å². The van der Waals surface area contributed by atoms with Gasteiger partial charge in [-0.1, -0.05) is 24.6 Å². The Kier molecular flexibility index (Phi) is 6.29. The summed E-state index contributed by atoms with van der Waals surface area (Å²) in [6, 6.07) is 4.07. The number of hydrogen-bond acceptors (Lipinski definition) is 3. The lowest BCUT2D eigenvalue weighted by Crippen LogP contribution is -2.30. The van der Waals surface area contributed by atoms with E-state index in [0.29, 0.717) is 12.0 Å². The van der Waals surface area contributed by atoms with E-state index in [1.165, 1.54) is 25.1 Å². The number of ether oxygens (including phenoxy) is 1. The summed E-state index contributed by atoms with van der Waals surface area (Å²) in [7, 11) is 0. The zero-order valence-corrected chi connectivity index (χ0v) is 13.0. The lowest BCUT2D eigenvalue weighted by atomic mass is 9.81. The molecule has 0 saturated heterocycles. The van der Waals surface area contributed by atoms with Gasteiger partial charge in [-0.3, -0.25) is 9.59 Å². The molecule has 1 aromatic carbocycles. The Bertz CT molecular complexity index is 562. The average molecular weight is 335 g/mol. The Balaban J connectivity index is 2.77. The van der Waals surface area contributed by atoms with Gasteiger partial charge < -0.3 is 9.84 Å². The van der Waals surface area contributed by atoms with Gasteiger partial charge in [-0.05, 0) is 31.0 Å². The molecule has 0 radical (unpaired) electrons. The monoisotopic (exact) mass is 334 g/mol. The number of Topliss-reactive ketones (excluding diaryl/α,β-unsaturated/α-hetero) is 1. The van der Waals surface area contributed by atoms with Crippen molar-refractivity contribution in [2.75, 3.05) is 0 Å². The lowest BCUT2D eigenvalue weighted by molar-refractivity contribution is -0.150. The van der Waals surface area contributed by atoms with Crippen LogP contribution < -0.4 is 4.74 Å². The van der Waals surface area contributed by atoms with Crippen LogP contribution in [-0.4, -0.2) is 23.5 Å². The van der Waals surface area contributed by atoms with E-state index in [4.69, 9.17) is 16.7 Å². The van der Waals surface area contributed by atoms with Crippen LogP contribution in [0.5, 0.6) is 5.75 Å². The molecule has 1 atom stereocenters. The van der Waals surface area contributed by atoms with Gasteiger partial charge in [0.05, 0.1) is 10.4 Å². The Hall–Kier alpha value is -1.69. The quantitative estimate of drug-likeness (QED) is 0.782. The molecule has 0 amide bonds. The molecule has 1 N–H and O–H groups in total. The summed E-state index contributed by atoms with van der Waals surface area (Å²) < 4.78 is 28.4. The highest BCUT2D eigenvalue weighted by Gasteiger charge is 2.33. The van der Waals surface area contributed by atoms with Crippen molar-refractivity contribution in [2.24, 2.45) is 5.41 Å². The first-order valence-electron chi connectivity index (χ1n) is 6.66. The minimum atomic E-state index is -2.98. The first-order valence-corrected chi connectivity index (χ1v) is 7.04. The van der Waals surface area contributed by atoms with E-state index in [1.54, 1.807) is 6.92 Å². The number of hydrogen-bond donors (Lipinski definition) is 1. The molecule has 0 aromatic heterocycles. The molecule has 22 heavy (non-hydrogen) atoms. The number of alkyl halides is 2. The maximum atomic E-state index is 12.1.